The zero-order valence-electron chi connectivity index (χ0n) is 11.8. The number of hydrogen-bond acceptors (Lipinski definition) is 5. The lowest BCUT2D eigenvalue weighted by Gasteiger charge is -2.08. The van der Waals surface area contributed by atoms with Crippen molar-refractivity contribution in [3.8, 4) is 11.5 Å². The highest BCUT2D eigenvalue weighted by molar-refractivity contribution is 5.55. The molecule has 0 amide bonds. The third-order valence-corrected chi connectivity index (χ3v) is 3.50. The fourth-order valence-electron chi connectivity index (χ4n) is 2.35. The predicted octanol–water partition coefficient (Wildman–Crippen LogP) is 1.91. The molecule has 5 heteroatoms. The van der Waals surface area contributed by atoms with Crippen LogP contribution in [-0.4, -0.2) is 13.3 Å². The van der Waals surface area contributed by atoms with E-state index in [-0.39, 0.29) is 0 Å². The SMILES string of the molecule is Nc1ccc(N)c(CCNCc2ccc3c(c2)OCO3)c1. The van der Waals surface area contributed by atoms with Crippen LogP contribution >= 0.6 is 0 Å². The van der Waals surface area contributed by atoms with Gasteiger partial charge < -0.3 is 26.3 Å². The molecule has 0 saturated carbocycles. The van der Waals surface area contributed by atoms with Crippen LogP contribution in [0.25, 0.3) is 0 Å². The minimum absolute atomic E-state index is 0.306. The summed E-state index contributed by atoms with van der Waals surface area (Å²) < 4.78 is 10.7. The molecular weight excluding hydrogens is 266 g/mol. The smallest absolute Gasteiger partial charge is 0.231 e. The molecule has 0 saturated heterocycles. The Morgan fingerprint density at radius 3 is 2.76 bits per heavy atom. The zero-order valence-corrected chi connectivity index (χ0v) is 11.8. The van der Waals surface area contributed by atoms with Crippen LogP contribution < -0.4 is 26.3 Å². The van der Waals surface area contributed by atoms with Gasteiger partial charge in [-0.1, -0.05) is 6.07 Å². The van der Waals surface area contributed by atoms with Crippen molar-refractivity contribution in [2.24, 2.45) is 0 Å². The predicted molar refractivity (Wildman–Crippen MR) is 83.2 cm³/mol. The summed E-state index contributed by atoms with van der Waals surface area (Å²) in [6.45, 7) is 1.92. The number of anilines is 2. The zero-order chi connectivity index (χ0) is 14.7. The van der Waals surface area contributed by atoms with Gasteiger partial charge in [-0.25, -0.2) is 0 Å². The summed E-state index contributed by atoms with van der Waals surface area (Å²) in [6, 6.07) is 11.6. The van der Waals surface area contributed by atoms with Crippen molar-refractivity contribution in [2.45, 2.75) is 13.0 Å². The van der Waals surface area contributed by atoms with Crippen LogP contribution in [0.15, 0.2) is 36.4 Å². The second kappa shape index (κ2) is 5.93. The second-order valence-electron chi connectivity index (χ2n) is 5.07. The summed E-state index contributed by atoms with van der Waals surface area (Å²) >= 11 is 0. The molecule has 0 aliphatic carbocycles. The van der Waals surface area contributed by atoms with Gasteiger partial charge in [0.2, 0.25) is 6.79 Å². The highest BCUT2D eigenvalue weighted by atomic mass is 16.7. The fourth-order valence-corrected chi connectivity index (χ4v) is 2.35. The number of benzene rings is 2. The Kier molecular flexibility index (Phi) is 3.83. The number of ether oxygens (including phenoxy) is 2. The van der Waals surface area contributed by atoms with Gasteiger partial charge >= 0.3 is 0 Å². The van der Waals surface area contributed by atoms with Crippen molar-refractivity contribution in [1.29, 1.82) is 0 Å². The summed E-state index contributed by atoms with van der Waals surface area (Å²) in [6.07, 6.45) is 0.849. The Labute approximate surface area is 123 Å². The minimum Gasteiger partial charge on any atom is -0.454 e. The molecule has 0 aromatic heterocycles. The summed E-state index contributed by atoms with van der Waals surface area (Å²) in [7, 11) is 0. The summed E-state index contributed by atoms with van der Waals surface area (Å²) in [4.78, 5) is 0. The molecule has 1 heterocycles. The second-order valence-corrected chi connectivity index (χ2v) is 5.07. The molecule has 5 nitrogen and oxygen atoms in total. The van der Waals surface area contributed by atoms with Crippen LogP contribution in [0.5, 0.6) is 11.5 Å². The van der Waals surface area contributed by atoms with Gasteiger partial charge in [0, 0.05) is 17.9 Å². The molecule has 0 unspecified atom stereocenters. The summed E-state index contributed by atoms with van der Waals surface area (Å²) in [5.74, 6) is 1.63. The molecule has 2 aromatic carbocycles. The third-order valence-electron chi connectivity index (χ3n) is 3.50. The number of hydrogen-bond donors (Lipinski definition) is 3. The van der Waals surface area contributed by atoms with Crippen molar-refractivity contribution in [3.05, 3.63) is 47.5 Å². The van der Waals surface area contributed by atoms with Crippen LogP contribution in [0.4, 0.5) is 11.4 Å². The Morgan fingerprint density at radius 2 is 1.86 bits per heavy atom. The van der Waals surface area contributed by atoms with E-state index in [1.807, 2.05) is 36.4 Å². The molecule has 1 aliphatic heterocycles. The van der Waals surface area contributed by atoms with Gasteiger partial charge in [-0.2, -0.15) is 0 Å². The number of nitrogens with two attached hydrogens (primary N) is 2. The highest BCUT2D eigenvalue weighted by Gasteiger charge is 2.12. The minimum atomic E-state index is 0.306. The Hall–Kier alpha value is -2.40. The van der Waals surface area contributed by atoms with Crippen molar-refractivity contribution in [2.75, 3.05) is 24.8 Å². The van der Waals surface area contributed by atoms with Gasteiger partial charge in [0.05, 0.1) is 0 Å². The highest BCUT2D eigenvalue weighted by Crippen LogP contribution is 2.32. The lowest BCUT2D eigenvalue weighted by atomic mass is 10.1. The molecule has 0 atom stereocenters. The van der Waals surface area contributed by atoms with E-state index in [0.717, 1.165) is 47.9 Å². The molecule has 0 radical (unpaired) electrons. The van der Waals surface area contributed by atoms with Crippen LogP contribution in [0, 0.1) is 0 Å². The van der Waals surface area contributed by atoms with E-state index in [2.05, 4.69) is 5.32 Å². The van der Waals surface area contributed by atoms with Crippen LogP contribution in [0.1, 0.15) is 11.1 Å². The standard InChI is InChI=1S/C16H19N3O2/c17-13-2-3-14(18)12(8-13)5-6-19-9-11-1-4-15-16(7-11)21-10-20-15/h1-4,7-8,19H,5-6,9-10,17-18H2. The number of nitrogens with one attached hydrogen (secondary N) is 1. The maximum Gasteiger partial charge on any atom is 0.231 e. The average molecular weight is 285 g/mol. The number of rotatable bonds is 5. The first kappa shape index (κ1) is 13.6. The van der Waals surface area contributed by atoms with Crippen molar-refractivity contribution in [3.63, 3.8) is 0 Å². The maximum atomic E-state index is 5.93. The van der Waals surface area contributed by atoms with E-state index in [4.69, 9.17) is 20.9 Å². The molecule has 3 rings (SSSR count). The van der Waals surface area contributed by atoms with E-state index in [1.165, 1.54) is 5.56 Å². The van der Waals surface area contributed by atoms with Crippen molar-refractivity contribution < 1.29 is 9.47 Å². The van der Waals surface area contributed by atoms with Gasteiger partial charge in [-0.3, -0.25) is 0 Å². The first-order valence-electron chi connectivity index (χ1n) is 6.95. The summed E-state index contributed by atoms with van der Waals surface area (Å²) in [5, 5.41) is 3.40. The Morgan fingerprint density at radius 1 is 1.00 bits per heavy atom. The van der Waals surface area contributed by atoms with Crippen molar-refractivity contribution >= 4 is 11.4 Å². The first-order valence-corrected chi connectivity index (χ1v) is 6.95. The maximum absolute atomic E-state index is 5.93. The summed E-state index contributed by atoms with van der Waals surface area (Å²) in [5.41, 5.74) is 15.5. The monoisotopic (exact) mass is 285 g/mol. The van der Waals surface area contributed by atoms with Gasteiger partial charge in [0.25, 0.3) is 0 Å². The molecule has 0 spiro atoms. The Balaban J connectivity index is 1.51. The molecule has 5 N–H and O–H groups in total. The third kappa shape index (κ3) is 3.20. The van der Waals surface area contributed by atoms with Crippen LogP contribution in [0.3, 0.4) is 0 Å². The topological polar surface area (TPSA) is 82.5 Å². The quantitative estimate of drug-likeness (QED) is 0.577. The fraction of sp³-hybridized carbons (Fsp3) is 0.250. The van der Waals surface area contributed by atoms with E-state index >= 15 is 0 Å². The lowest BCUT2D eigenvalue weighted by Crippen LogP contribution is -2.17. The van der Waals surface area contributed by atoms with E-state index in [9.17, 15) is 0 Å². The molecule has 0 bridgehead atoms. The first-order chi connectivity index (χ1) is 10.2. The van der Waals surface area contributed by atoms with Gasteiger partial charge in [-0.15, -0.1) is 0 Å². The normalized spacial score (nSPS) is 12.6. The average Bonchev–Trinajstić information content (AvgIpc) is 2.94. The molecular formula is C16H19N3O2. The lowest BCUT2D eigenvalue weighted by molar-refractivity contribution is 0.174. The molecule has 0 fully saturated rings. The van der Waals surface area contributed by atoms with E-state index in [1.54, 1.807) is 0 Å². The van der Waals surface area contributed by atoms with E-state index in [0.29, 0.717) is 6.79 Å². The Bertz CT molecular complexity index is 643. The molecule has 1 aliphatic rings. The van der Waals surface area contributed by atoms with Gasteiger partial charge in [0.1, 0.15) is 0 Å². The number of fused-ring (bicyclic) bond motifs is 1. The van der Waals surface area contributed by atoms with Crippen molar-refractivity contribution in [1.82, 2.24) is 5.32 Å². The van der Waals surface area contributed by atoms with Gasteiger partial charge in [-0.05, 0) is 54.4 Å². The molecule has 21 heavy (non-hydrogen) atoms. The van der Waals surface area contributed by atoms with Gasteiger partial charge in [0.15, 0.2) is 11.5 Å². The molecule has 110 valence electrons. The van der Waals surface area contributed by atoms with Crippen LogP contribution in [-0.2, 0) is 13.0 Å². The number of nitrogen functional groups attached to an aromatic ring is 2. The molecule has 2 aromatic rings. The van der Waals surface area contributed by atoms with E-state index < -0.39 is 0 Å². The van der Waals surface area contributed by atoms with Crippen LogP contribution in [0.2, 0.25) is 0 Å². The largest absolute Gasteiger partial charge is 0.454 e.